The van der Waals surface area contributed by atoms with Crippen molar-refractivity contribution in [2.24, 2.45) is 0 Å². The molecule has 0 aliphatic carbocycles. The molecule has 2 aromatic rings. The Balaban J connectivity index is 2.22. The van der Waals surface area contributed by atoms with Gasteiger partial charge in [-0.25, -0.2) is 4.79 Å². The quantitative estimate of drug-likeness (QED) is 0.473. The lowest BCUT2D eigenvalue weighted by Gasteiger charge is -2.28. The summed E-state index contributed by atoms with van der Waals surface area (Å²) in [5, 5.41) is 18.5. The van der Waals surface area contributed by atoms with Crippen LogP contribution in [0.2, 0.25) is 0 Å². The van der Waals surface area contributed by atoms with Crippen LogP contribution in [-0.2, 0) is 14.3 Å². The minimum absolute atomic E-state index is 0.0981. The summed E-state index contributed by atoms with van der Waals surface area (Å²) in [7, 11) is 0. The van der Waals surface area contributed by atoms with Gasteiger partial charge < -0.3 is 14.8 Å². The maximum absolute atomic E-state index is 12.6. The number of nitrogens with one attached hydrogen (secondary N) is 1. The van der Waals surface area contributed by atoms with Crippen LogP contribution in [0, 0.1) is 10.1 Å². The zero-order valence-corrected chi connectivity index (χ0v) is 14.2. The summed E-state index contributed by atoms with van der Waals surface area (Å²) >= 11 is 0. The molecule has 10 nitrogen and oxygen atoms in total. The van der Waals surface area contributed by atoms with Gasteiger partial charge >= 0.3 is 5.97 Å². The molecule has 10 heteroatoms. The first-order valence-electron chi connectivity index (χ1n) is 8.02. The Morgan fingerprint density at radius 3 is 2.81 bits per heavy atom. The van der Waals surface area contributed by atoms with Gasteiger partial charge in [-0.15, -0.1) is 0 Å². The van der Waals surface area contributed by atoms with E-state index in [1.807, 2.05) is 0 Å². The number of aromatic nitrogens is 3. The predicted octanol–water partition coefficient (Wildman–Crippen LogP) is 2.12. The fourth-order valence-electron chi connectivity index (χ4n) is 2.75. The maximum atomic E-state index is 12.6. The first-order chi connectivity index (χ1) is 12.6. The average Bonchev–Trinajstić information content (AvgIpc) is 3.10. The standard InChI is InChI=1S/C16H17N5O5/c1-3-25-14-12(15(22)26-4-2)13(19-16-17-9-18-20(14)16)10-7-5-6-8-11(10)21(23)24/h5-9,13H,3-4H2,1-2H3,(H,17,18,19). The molecule has 1 atom stereocenters. The highest BCUT2D eigenvalue weighted by Crippen LogP contribution is 2.39. The van der Waals surface area contributed by atoms with Gasteiger partial charge in [0.25, 0.3) is 5.69 Å². The Kier molecular flexibility index (Phi) is 4.83. The van der Waals surface area contributed by atoms with Gasteiger partial charge in [0.15, 0.2) is 0 Å². The van der Waals surface area contributed by atoms with Crippen molar-refractivity contribution in [3.8, 4) is 0 Å². The number of hydrogen-bond donors (Lipinski definition) is 1. The molecule has 0 spiro atoms. The van der Waals surface area contributed by atoms with Crippen molar-refractivity contribution in [3.63, 3.8) is 0 Å². The van der Waals surface area contributed by atoms with E-state index in [0.717, 1.165) is 0 Å². The molecule has 26 heavy (non-hydrogen) atoms. The van der Waals surface area contributed by atoms with E-state index >= 15 is 0 Å². The molecule has 0 radical (unpaired) electrons. The predicted molar refractivity (Wildman–Crippen MR) is 91.0 cm³/mol. The SMILES string of the molecule is CCOC(=O)C1=C(OCC)n2ncnc2NC1c1ccccc1[N+](=O)[O-]. The van der Waals surface area contributed by atoms with E-state index in [1.165, 1.54) is 17.1 Å². The summed E-state index contributed by atoms with van der Waals surface area (Å²) in [4.78, 5) is 27.7. The second kappa shape index (κ2) is 7.21. The Labute approximate surface area is 148 Å². The van der Waals surface area contributed by atoms with Crippen molar-refractivity contribution in [3.05, 3.63) is 51.8 Å². The zero-order valence-electron chi connectivity index (χ0n) is 14.2. The number of hydrogen-bond acceptors (Lipinski definition) is 8. The number of anilines is 1. The summed E-state index contributed by atoms with van der Waals surface area (Å²) in [6.07, 6.45) is 1.30. The highest BCUT2D eigenvalue weighted by molar-refractivity contribution is 5.97. The van der Waals surface area contributed by atoms with Gasteiger partial charge in [0.05, 0.1) is 29.7 Å². The van der Waals surface area contributed by atoms with Crippen molar-refractivity contribution < 1.29 is 19.2 Å². The Morgan fingerprint density at radius 1 is 1.35 bits per heavy atom. The molecule has 0 saturated heterocycles. The molecule has 0 amide bonds. The third-order valence-corrected chi connectivity index (χ3v) is 3.75. The van der Waals surface area contributed by atoms with Crippen LogP contribution in [-0.4, -0.2) is 38.9 Å². The average molecular weight is 359 g/mol. The van der Waals surface area contributed by atoms with E-state index in [-0.39, 0.29) is 30.4 Å². The van der Waals surface area contributed by atoms with E-state index in [0.29, 0.717) is 11.5 Å². The van der Waals surface area contributed by atoms with E-state index in [9.17, 15) is 14.9 Å². The van der Waals surface area contributed by atoms with Crippen molar-refractivity contribution in [2.45, 2.75) is 19.9 Å². The van der Waals surface area contributed by atoms with Crippen LogP contribution in [0.25, 0.3) is 5.88 Å². The number of fused-ring (bicyclic) bond motifs is 1. The lowest BCUT2D eigenvalue weighted by Crippen LogP contribution is -2.30. The fraction of sp³-hybridized carbons (Fsp3) is 0.312. The molecule has 0 saturated carbocycles. The molecule has 1 unspecified atom stereocenters. The summed E-state index contributed by atoms with van der Waals surface area (Å²) in [5.74, 6) is -0.197. The largest absolute Gasteiger partial charge is 0.477 e. The highest BCUT2D eigenvalue weighted by atomic mass is 16.6. The lowest BCUT2D eigenvalue weighted by atomic mass is 9.96. The van der Waals surface area contributed by atoms with Gasteiger partial charge in [-0.2, -0.15) is 14.8 Å². The monoisotopic (exact) mass is 359 g/mol. The summed E-state index contributed by atoms with van der Waals surface area (Å²) in [5.41, 5.74) is 0.267. The van der Waals surface area contributed by atoms with Crippen LogP contribution in [0.4, 0.5) is 11.6 Å². The van der Waals surface area contributed by atoms with Gasteiger partial charge in [0.1, 0.15) is 11.9 Å². The molecular formula is C16H17N5O5. The number of rotatable bonds is 6. The van der Waals surface area contributed by atoms with Crippen LogP contribution in [0.5, 0.6) is 0 Å². The van der Waals surface area contributed by atoms with Crippen molar-refractivity contribution in [1.29, 1.82) is 0 Å². The molecule has 0 bridgehead atoms. The molecular weight excluding hydrogens is 342 g/mol. The van der Waals surface area contributed by atoms with Gasteiger partial charge in [0.2, 0.25) is 11.8 Å². The first-order valence-corrected chi connectivity index (χ1v) is 8.02. The second-order valence-corrected chi connectivity index (χ2v) is 5.26. The van der Waals surface area contributed by atoms with Gasteiger partial charge in [-0.05, 0) is 19.9 Å². The van der Waals surface area contributed by atoms with E-state index in [1.54, 1.807) is 32.0 Å². The minimum atomic E-state index is -0.867. The smallest absolute Gasteiger partial charge is 0.342 e. The molecule has 1 aromatic heterocycles. The Hall–Kier alpha value is -3.43. The number of ether oxygens (including phenoxy) is 2. The molecule has 1 aliphatic heterocycles. The number of carbonyl (C=O) groups is 1. The van der Waals surface area contributed by atoms with Crippen LogP contribution < -0.4 is 5.32 Å². The third kappa shape index (κ3) is 2.96. The van der Waals surface area contributed by atoms with Crippen LogP contribution in [0.3, 0.4) is 0 Å². The van der Waals surface area contributed by atoms with Gasteiger partial charge in [0, 0.05) is 6.07 Å². The van der Waals surface area contributed by atoms with Crippen LogP contribution in [0.1, 0.15) is 25.5 Å². The normalized spacial score (nSPS) is 15.8. The third-order valence-electron chi connectivity index (χ3n) is 3.75. The first kappa shape index (κ1) is 17.4. The van der Waals surface area contributed by atoms with Gasteiger partial charge in [-0.3, -0.25) is 10.1 Å². The zero-order chi connectivity index (χ0) is 18.7. The second-order valence-electron chi connectivity index (χ2n) is 5.26. The number of para-hydroxylation sites is 1. The van der Waals surface area contributed by atoms with Crippen molar-refractivity contribution in [1.82, 2.24) is 14.8 Å². The van der Waals surface area contributed by atoms with Crippen molar-refractivity contribution >= 4 is 23.5 Å². The summed E-state index contributed by atoms with van der Waals surface area (Å²) in [6, 6.07) is 5.30. The number of nitro groups is 1. The molecule has 1 aliphatic rings. The number of nitro benzene ring substituents is 1. The molecule has 1 aromatic carbocycles. The molecule has 0 fully saturated rings. The number of carbonyl (C=O) groups excluding carboxylic acids is 1. The van der Waals surface area contributed by atoms with Crippen molar-refractivity contribution in [2.75, 3.05) is 18.5 Å². The highest BCUT2D eigenvalue weighted by Gasteiger charge is 2.38. The molecule has 2 heterocycles. The minimum Gasteiger partial charge on any atom is -0.477 e. The number of nitrogens with zero attached hydrogens (tertiary/aromatic N) is 4. The summed E-state index contributed by atoms with van der Waals surface area (Å²) < 4.78 is 12.1. The summed E-state index contributed by atoms with van der Waals surface area (Å²) in [6.45, 7) is 3.85. The van der Waals surface area contributed by atoms with E-state index in [4.69, 9.17) is 9.47 Å². The van der Waals surface area contributed by atoms with Crippen LogP contribution >= 0.6 is 0 Å². The van der Waals surface area contributed by atoms with Crippen LogP contribution in [0.15, 0.2) is 36.2 Å². The Bertz CT molecular complexity index is 875. The fourth-order valence-corrected chi connectivity index (χ4v) is 2.75. The van der Waals surface area contributed by atoms with Gasteiger partial charge in [-0.1, -0.05) is 12.1 Å². The molecule has 136 valence electrons. The molecule has 3 rings (SSSR count). The Morgan fingerprint density at radius 2 is 2.12 bits per heavy atom. The lowest BCUT2D eigenvalue weighted by molar-refractivity contribution is -0.385. The topological polar surface area (TPSA) is 121 Å². The van der Waals surface area contributed by atoms with E-state index < -0.39 is 16.9 Å². The maximum Gasteiger partial charge on any atom is 0.342 e. The molecule has 1 N–H and O–H groups in total. The van der Waals surface area contributed by atoms with E-state index in [2.05, 4.69) is 15.4 Å². The number of benzene rings is 1. The number of esters is 1.